The van der Waals surface area contributed by atoms with Crippen molar-refractivity contribution in [2.24, 2.45) is 5.73 Å². The summed E-state index contributed by atoms with van der Waals surface area (Å²) >= 11 is 0. The smallest absolute Gasteiger partial charge is 0.325 e. The van der Waals surface area contributed by atoms with Gasteiger partial charge < -0.3 is 25.4 Å². The second kappa shape index (κ2) is 4.71. The van der Waals surface area contributed by atoms with E-state index < -0.39 is 12.0 Å². The van der Waals surface area contributed by atoms with Crippen LogP contribution < -0.4 is 15.2 Å². The van der Waals surface area contributed by atoms with Crippen molar-refractivity contribution >= 4 is 5.97 Å². The Morgan fingerprint density at radius 3 is 2.06 bits per heavy atom. The van der Waals surface area contributed by atoms with Crippen LogP contribution in [0.2, 0.25) is 0 Å². The van der Waals surface area contributed by atoms with Crippen molar-refractivity contribution < 1.29 is 24.5 Å². The first-order valence-corrected chi connectivity index (χ1v) is 4.44. The monoisotopic (exact) mass is 227 g/mol. The summed E-state index contributed by atoms with van der Waals surface area (Å²) in [5.74, 6) is -1.13. The summed E-state index contributed by atoms with van der Waals surface area (Å²) < 4.78 is 9.76. The van der Waals surface area contributed by atoms with E-state index in [9.17, 15) is 9.90 Å². The minimum atomic E-state index is -1.19. The van der Waals surface area contributed by atoms with Crippen molar-refractivity contribution in [3.05, 3.63) is 17.7 Å². The number of phenols is 1. The van der Waals surface area contributed by atoms with Crippen LogP contribution in [0.15, 0.2) is 12.1 Å². The molecule has 0 fully saturated rings. The van der Waals surface area contributed by atoms with Gasteiger partial charge in [-0.15, -0.1) is 0 Å². The summed E-state index contributed by atoms with van der Waals surface area (Å²) in [6, 6.07) is 1.52. The van der Waals surface area contributed by atoms with Gasteiger partial charge in [0.15, 0.2) is 11.5 Å². The van der Waals surface area contributed by atoms with Crippen molar-refractivity contribution in [2.45, 2.75) is 6.04 Å². The molecule has 1 unspecified atom stereocenters. The first-order chi connectivity index (χ1) is 7.51. The average Bonchev–Trinajstić information content (AvgIpc) is 2.28. The Morgan fingerprint density at radius 2 is 1.75 bits per heavy atom. The summed E-state index contributed by atoms with van der Waals surface area (Å²) in [6.07, 6.45) is 0. The number of methoxy groups -OCH3 is 2. The third-order valence-corrected chi connectivity index (χ3v) is 2.13. The number of carboxylic acid groups (broad SMARTS) is 1. The zero-order valence-electron chi connectivity index (χ0n) is 8.93. The van der Waals surface area contributed by atoms with Gasteiger partial charge in [-0.2, -0.15) is 0 Å². The molecule has 0 aliphatic heterocycles. The van der Waals surface area contributed by atoms with E-state index in [0.29, 0.717) is 5.56 Å². The third-order valence-electron chi connectivity index (χ3n) is 2.13. The molecule has 0 heterocycles. The van der Waals surface area contributed by atoms with Crippen LogP contribution in [0.25, 0.3) is 0 Å². The maximum atomic E-state index is 10.7. The lowest BCUT2D eigenvalue weighted by Gasteiger charge is -2.13. The van der Waals surface area contributed by atoms with Gasteiger partial charge in [0.25, 0.3) is 0 Å². The van der Waals surface area contributed by atoms with E-state index in [1.54, 1.807) is 0 Å². The minimum absolute atomic E-state index is 0.117. The highest BCUT2D eigenvalue weighted by atomic mass is 16.5. The maximum Gasteiger partial charge on any atom is 0.325 e. The molecule has 6 heteroatoms. The van der Waals surface area contributed by atoms with Crippen LogP contribution in [0.1, 0.15) is 11.6 Å². The molecule has 4 N–H and O–H groups in total. The molecule has 1 aromatic carbocycles. The van der Waals surface area contributed by atoms with E-state index in [4.69, 9.17) is 20.3 Å². The summed E-state index contributed by atoms with van der Waals surface area (Å²) in [5, 5.41) is 18.4. The molecule has 88 valence electrons. The first kappa shape index (κ1) is 12.1. The van der Waals surface area contributed by atoms with Gasteiger partial charge in [0, 0.05) is 0 Å². The number of hydrogen-bond acceptors (Lipinski definition) is 5. The summed E-state index contributed by atoms with van der Waals surface area (Å²) in [5.41, 5.74) is 5.73. The van der Waals surface area contributed by atoms with Crippen LogP contribution in [0.3, 0.4) is 0 Å². The predicted octanol–water partition coefficient (Wildman–Crippen LogP) is 0.494. The fraction of sp³-hybridized carbons (Fsp3) is 0.300. The molecule has 1 aromatic rings. The molecule has 1 atom stereocenters. The number of carboxylic acids is 1. The molecule has 6 nitrogen and oxygen atoms in total. The largest absolute Gasteiger partial charge is 0.502 e. The lowest BCUT2D eigenvalue weighted by atomic mass is 10.1. The minimum Gasteiger partial charge on any atom is -0.502 e. The topological polar surface area (TPSA) is 102 Å². The van der Waals surface area contributed by atoms with Gasteiger partial charge in [0.1, 0.15) is 6.04 Å². The fourth-order valence-corrected chi connectivity index (χ4v) is 1.24. The van der Waals surface area contributed by atoms with Crippen molar-refractivity contribution in [3.8, 4) is 17.2 Å². The quantitative estimate of drug-likeness (QED) is 0.692. The van der Waals surface area contributed by atoms with Crippen molar-refractivity contribution in [1.82, 2.24) is 0 Å². The number of rotatable bonds is 4. The standard InChI is InChI=1S/C10H13NO5/c1-15-6-3-5(8(11)10(13)14)4-7(16-2)9(6)12/h3-4,8,12H,11H2,1-2H3,(H,13,14). The number of carbonyl (C=O) groups is 1. The number of benzene rings is 1. The van der Waals surface area contributed by atoms with Crippen molar-refractivity contribution in [3.63, 3.8) is 0 Å². The van der Waals surface area contributed by atoms with Gasteiger partial charge >= 0.3 is 5.97 Å². The molecule has 0 amide bonds. The Morgan fingerprint density at radius 1 is 1.31 bits per heavy atom. The van der Waals surface area contributed by atoms with Crippen LogP contribution in [0.5, 0.6) is 17.2 Å². The average molecular weight is 227 g/mol. The van der Waals surface area contributed by atoms with Crippen molar-refractivity contribution in [1.29, 1.82) is 0 Å². The highest BCUT2D eigenvalue weighted by Gasteiger charge is 2.19. The maximum absolute atomic E-state index is 10.7. The lowest BCUT2D eigenvalue weighted by molar-refractivity contribution is -0.138. The normalized spacial score (nSPS) is 11.9. The third kappa shape index (κ3) is 2.17. The second-order valence-electron chi connectivity index (χ2n) is 3.09. The van der Waals surface area contributed by atoms with Gasteiger partial charge in [-0.05, 0) is 17.7 Å². The number of aromatic hydroxyl groups is 1. The number of nitrogens with two attached hydrogens (primary N) is 1. The SMILES string of the molecule is COc1cc(C(N)C(=O)O)cc(OC)c1O. The summed E-state index contributed by atoms with van der Waals surface area (Å²) in [7, 11) is 2.70. The number of hydrogen-bond donors (Lipinski definition) is 3. The Hall–Kier alpha value is -1.95. The van der Waals surface area contributed by atoms with Crippen LogP contribution in [0.4, 0.5) is 0 Å². The lowest BCUT2D eigenvalue weighted by Crippen LogP contribution is -2.20. The van der Waals surface area contributed by atoms with E-state index in [-0.39, 0.29) is 17.2 Å². The molecule has 0 aromatic heterocycles. The predicted molar refractivity (Wildman–Crippen MR) is 55.8 cm³/mol. The van der Waals surface area contributed by atoms with E-state index >= 15 is 0 Å². The Labute approximate surface area is 92.2 Å². The highest BCUT2D eigenvalue weighted by molar-refractivity contribution is 5.76. The van der Waals surface area contributed by atoms with Gasteiger partial charge in [-0.25, -0.2) is 0 Å². The van der Waals surface area contributed by atoms with Gasteiger partial charge in [0.2, 0.25) is 5.75 Å². The van der Waals surface area contributed by atoms with E-state index in [1.807, 2.05) is 0 Å². The molecule has 0 aliphatic carbocycles. The molecular weight excluding hydrogens is 214 g/mol. The Balaban J connectivity index is 3.26. The van der Waals surface area contributed by atoms with Gasteiger partial charge in [0.05, 0.1) is 14.2 Å². The van der Waals surface area contributed by atoms with Crippen molar-refractivity contribution in [2.75, 3.05) is 14.2 Å². The van der Waals surface area contributed by atoms with Crippen LogP contribution in [-0.4, -0.2) is 30.4 Å². The molecule has 1 rings (SSSR count). The zero-order valence-corrected chi connectivity index (χ0v) is 8.93. The highest BCUT2D eigenvalue weighted by Crippen LogP contribution is 2.38. The second-order valence-corrected chi connectivity index (χ2v) is 3.09. The molecule has 16 heavy (non-hydrogen) atoms. The zero-order chi connectivity index (χ0) is 12.3. The molecular formula is C10H13NO5. The van der Waals surface area contributed by atoms with Crippen LogP contribution in [-0.2, 0) is 4.79 Å². The van der Waals surface area contributed by atoms with Crippen LogP contribution >= 0.6 is 0 Å². The number of aliphatic carboxylic acids is 1. The molecule has 0 bridgehead atoms. The molecule has 0 saturated carbocycles. The molecule has 0 spiro atoms. The van der Waals surface area contributed by atoms with E-state index in [0.717, 1.165) is 0 Å². The van der Waals surface area contributed by atoms with Gasteiger partial charge in [-0.3, -0.25) is 4.79 Å². The van der Waals surface area contributed by atoms with Crippen LogP contribution in [0, 0.1) is 0 Å². The molecule has 0 aliphatic rings. The molecule has 0 radical (unpaired) electrons. The number of ether oxygens (including phenoxy) is 2. The summed E-state index contributed by atoms with van der Waals surface area (Å²) in [4.78, 5) is 10.7. The van der Waals surface area contributed by atoms with Gasteiger partial charge in [-0.1, -0.05) is 0 Å². The fourth-order valence-electron chi connectivity index (χ4n) is 1.24. The molecule has 0 saturated heterocycles. The summed E-state index contributed by atoms with van der Waals surface area (Å²) in [6.45, 7) is 0. The van der Waals surface area contributed by atoms with E-state index in [1.165, 1.54) is 26.4 Å². The Bertz CT molecular complexity index is 379. The first-order valence-electron chi connectivity index (χ1n) is 4.44. The number of phenolic OH excluding ortho intramolecular Hbond substituents is 1. The Kier molecular flexibility index (Phi) is 3.57. The van der Waals surface area contributed by atoms with E-state index in [2.05, 4.69) is 0 Å².